The Labute approximate surface area is 197 Å². The van der Waals surface area contributed by atoms with Gasteiger partial charge in [0.15, 0.2) is 0 Å². The van der Waals surface area contributed by atoms with Crippen molar-refractivity contribution in [3.63, 3.8) is 0 Å². The minimum Gasteiger partial charge on any atom is -0.481 e. The van der Waals surface area contributed by atoms with Crippen LogP contribution in [0.5, 0.6) is 0 Å². The summed E-state index contributed by atoms with van der Waals surface area (Å²) in [5.74, 6) is 1.82. The van der Waals surface area contributed by atoms with Gasteiger partial charge in [0, 0.05) is 38.0 Å². The molecule has 0 aliphatic heterocycles. The van der Waals surface area contributed by atoms with Gasteiger partial charge in [-0.15, -0.1) is 0 Å². The molecular formula is C27H38N2O4. The normalized spacial score (nSPS) is 23.7. The summed E-state index contributed by atoms with van der Waals surface area (Å²) in [6.45, 7) is 3.66. The van der Waals surface area contributed by atoms with Gasteiger partial charge in [-0.25, -0.2) is 0 Å². The van der Waals surface area contributed by atoms with E-state index in [0.717, 1.165) is 25.3 Å². The maximum Gasteiger partial charge on any atom is 0.303 e. The first-order chi connectivity index (χ1) is 16.0. The van der Waals surface area contributed by atoms with Crippen LogP contribution in [0.1, 0.15) is 68.6 Å². The van der Waals surface area contributed by atoms with Crippen LogP contribution in [0.3, 0.4) is 0 Å². The van der Waals surface area contributed by atoms with Gasteiger partial charge >= 0.3 is 5.97 Å². The van der Waals surface area contributed by atoms with Crippen molar-refractivity contribution in [2.45, 2.75) is 58.3 Å². The monoisotopic (exact) mass is 454 g/mol. The van der Waals surface area contributed by atoms with Crippen molar-refractivity contribution in [3.05, 3.63) is 48.0 Å². The van der Waals surface area contributed by atoms with Gasteiger partial charge in [0.05, 0.1) is 0 Å². The van der Waals surface area contributed by atoms with Gasteiger partial charge in [0.1, 0.15) is 0 Å². The number of carboxylic acids is 1. The zero-order chi connectivity index (χ0) is 23.6. The molecule has 2 bridgehead atoms. The molecule has 2 saturated carbocycles. The Hall–Kier alpha value is -2.63. The van der Waals surface area contributed by atoms with Gasteiger partial charge in [0.25, 0.3) is 5.91 Å². The Morgan fingerprint density at radius 1 is 1.06 bits per heavy atom. The quantitative estimate of drug-likeness (QED) is 0.339. The molecule has 6 nitrogen and oxygen atoms in total. The molecule has 2 aliphatic rings. The number of hydrogen-bond acceptors (Lipinski definition) is 3. The van der Waals surface area contributed by atoms with Gasteiger partial charge in [-0.1, -0.05) is 30.4 Å². The number of carboxylic acid groups (broad SMARTS) is 1. The van der Waals surface area contributed by atoms with Gasteiger partial charge in [-0.3, -0.25) is 14.4 Å². The molecule has 33 heavy (non-hydrogen) atoms. The van der Waals surface area contributed by atoms with Crippen LogP contribution in [-0.2, 0) is 9.59 Å². The highest BCUT2D eigenvalue weighted by Gasteiger charge is 2.46. The predicted molar refractivity (Wildman–Crippen MR) is 129 cm³/mol. The summed E-state index contributed by atoms with van der Waals surface area (Å²) in [6, 6.07) is 9.20. The summed E-state index contributed by atoms with van der Waals surface area (Å²) < 4.78 is 0. The van der Waals surface area contributed by atoms with Crippen molar-refractivity contribution < 1.29 is 19.5 Å². The van der Waals surface area contributed by atoms with Crippen molar-refractivity contribution in [2.24, 2.45) is 23.7 Å². The van der Waals surface area contributed by atoms with E-state index in [0.29, 0.717) is 49.2 Å². The topological polar surface area (TPSA) is 86.7 Å². The van der Waals surface area contributed by atoms with Crippen LogP contribution in [0.25, 0.3) is 0 Å². The van der Waals surface area contributed by atoms with E-state index < -0.39 is 5.97 Å². The molecule has 0 saturated heterocycles. The van der Waals surface area contributed by atoms with Crippen LogP contribution in [0.4, 0.5) is 0 Å². The zero-order valence-corrected chi connectivity index (χ0v) is 19.7. The third kappa shape index (κ3) is 7.18. The average molecular weight is 455 g/mol. The lowest BCUT2D eigenvalue weighted by Crippen LogP contribution is -2.38. The lowest BCUT2D eigenvalue weighted by molar-refractivity contribution is -0.137. The lowest BCUT2D eigenvalue weighted by atomic mass is 9.77. The summed E-state index contributed by atoms with van der Waals surface area (Å²) in [4.78, 5) is 37.6. The number of fused-ring (bicyclic) bond motifs is 2. The second kappa shape index (κ2) is 12.6. The Morgan fingerprint density at radius 2 is 1.79 bits per heavy atom. The van der Waals surface area contributed by atoms with Gasteiger partial charge < -0.3 is 15.3 Å². The van der Waals surface area contributed by atoms with E-state index in [9.17, 15) is 14.4 Å². The minimum absolute atomic E-state index is 0.0139. The smallest absolute Gasteiger partial charge is 0.303 e. The molecular weight excluding hydrogens is 416 g/mol. The fraction of sp³-hybridized carbons (Fsp3) is 0.593. The summed E-state index contributed by atoms with van der Waals surface area (Å²) in [5, 5.41) is 11.9. The highest BCUT2D eigenvalue weighted by atomic mass is 16.4. The van der Waals surface area contributed by atoms with Crippen molar-refractivity contribution in [1.29, 1.82) is 0 Å². The third-order valence-electron chi connectivity index (χ3n) is 7.44. The highest BCUT2D eigenvalue weighted by molar-refractivity contribution is 5.94. The summed E-state index contributed by atoms with van der Waals surface area (Å²) in [5.41, 5.74) is 0.653. The number of hydrogen-bond donors (Lipinski definition) is 2. The molecule has 1 aromatic rings. The molecule has 3 rings (SSSR count). The molecule has 2 fully saturated rings. The van der Waals surface area contributed by atoms with Gasteiger partial charge in [-0.05, 0) is 81.3 Å². The molecule has 2 aliphatic carbocycles. The molecule has 180 valence electrons. The van der Waals surface area contributed by atoms with Gasteiger partial charge in [-0.2, -0.15) is 0 Å². The second-order valence-corrected chi connectivity index (χ2v) is 9.46. The number of rotatable bonds is 13. The van der Waals surface area contributed by atoms with E-state index in [1.807, 2.05) is 25.1 Å². The van der Waals surface area contributed by atoms with E-state index >= 15 is 0 Å². The first-order valence-electron chi connectivity index (χ1n) is 12.5. The summed E-state index contributed by atoms with van der Waals surface area (Å²) in [6.07, 6.45) is 11.2. The van der Waals surface area contributed by atoms with Crippen LogP contribution >= 0.6 is 0 Å². The molecule has 0 spiro atoms. The first kappa shape index (κ1) is 25.0. The van der Waals surface area contributed by atoms with E-state index in [2.05, 4.69) is 17.5 Å². The largest absolute Gasteiger partial charge is 0.481 e. The third-order valence-corrected chi connectivity index (χ3v) is 7.44. The highest BCUT2D eigenvalue weighted by Crippen LogP contribution is 2.53. The fourth-order valence-electron chi connectivity index (χ4n) is 5.68. The lowest BCUT2D eigenvalue weighted by Gasteiger charge is -2.30. The zero-order valence-electron chi connectivity index (χ0n) is 19.7. The number of aliphatic carboxylic acids is 1. The molecule has 0 heterocycles. The molecule has 0 aromatic heterocycles. The molecule has 6 heteroatoms. The minimum atomic E-state index is -0.737. The summed E-state index contributed by atoms with van der Waals surface area (Å²) >= 11 is 0. The van der Waals surface area contributed by atoms with Crippen LogP contribution in [0, 0.1) is 23.7 Å². The Balaban J connectivity index is 1.42. The van der Waals surface area contributed by atoms with E-state index in [1.165, 1.54) is 19.3 Å². The maximum atomic E-state index is 12.6. The fourth-order valence-corrected chi connectivity index (χ4v) is 5.68. The van der Waals surface area contributed by atoms with Crippen molar-refractivity contribution in [1.82, 2.24) is 10.2 Å². The van der Waals surface area contributed by atoms with Crippen molar-refractivity contribution in [3.8, 4) is 0 Å². The molecule has 1 aromatic carbocycles. The molecule has 4 atom stereocenters. The number of carbonyl (C=O) groups excluding carboxylic acids is 2. The number of unbranched alkanes of at least 4 members (excludes halogenated alkanes) is 1. The predicted octanol–water partition coefficient (Wildman–Crippen LogP) is 4.52. The van der Waals surface area contributed by atoms with E-state index in [-0.39, 0.29) is 18.2 Å². The number of amides is 2. The van der Waals surface area contributed by atoms with Crippen LogP contribution in [0.15, 0.2) is 42.5 Å². The number of carbonyl (C=O) groups is 3. The van der Waals surface area contributed by atoms with Crippen molar-refractivity contribution in [2.75, 3.05) is 19.6 Å². The molecule has 2 N–H and O–H groups in total. The van der Waals surface area contributed by atoms with Crippen LogP contribution < -0.4 is 5.32 Å². The molecule has 2 amide bonds. The Kier molecular flexibility index (Phi) is 9.52. The summed E-state index contributed by atoms with van der Waals surface area (Å²) in [7, 11) is 0. The van der Waals surface area contributed by atoms with E-state index in [1.54, 1.807) is 17.0 Å². The number of nitrogens with one attached hydrogen (secondary N) is 1. The average Bonchev–Trinajstić information content (AvgIpc) is 3.42. The second-order valence-electron chi connectivity index (χ2n) is 9.46. The van der Waals surface area contributed by atoms with E-state index in [4.69, 9.17) is 5.11 Å². The SMILES string of the molecule is CCN(CCC(=O)NC[C@@H]1[C@@H]2CC[C@@H](C2)[C@@H]1CC=CCCCC(=O)O)C(=O)c1ccccc1. The first-order valence-corrected chi connectivity index (χ1v) is 12.5. The maximum absolute atomic E-state index is 12.6. The molecule has 0 unspecified atom stereocenters. The number of allylic oxidation sites excluding steroid dienone is 2. The van der Waals surface area contributed by atoms with Crippen LogP contribution in [0.2, 0.25) is 0 Å². The Bertz CT molecular complexity index is 823. The molecule has 0 radical (unpaired) electrons. The van der Waals surface area contributed by atoms with Gasteiger partial charge in [0.2, 0.25) is 5.91 Å². The van der Waals surface area contributed by atoms with Crippen LogP contribution in [-0.4, -0.2) is 47.4 Å². The number of benzene rings is 1. The standard InChI is InChI=1S/C27H38N2O4/c1-2-29(27(33)20-10-6-5-7-11-20)17-16-25(30)28-19-24-22-15-14-21(18-22)23(24)12-8-3-4-9-13-26(31)32/h3,5-8,10-11,21-24H,2,4,9,12-19H2,1H3,(H,28,30)(H,31,32)/t21-,22+,23-,24+/m0/s1. The number of nitrogens with zero attached hydrogens (tertiary/aromatic N) is 1. The Morgan fingerprint density at radius 3 is 2.48 bits per heavy atom. The van der Waals surface area contributed by atoms with Crippen molar-refractivity contribution >= 4 is 17.8 Å².